The fourth-order valence-corrected chi connectivity index (χ4v) is 1.69. The molecule has 0 saturated carbocycles. The standard InChI is InChI=1S/C14H10F2O/c1-9-2-3-10(8-17)6-12(9)11-4-5-13(15)14(16)7-11/h2-8H,1H3. The summed E-state index contributed by atoms with van der Waals surface area (Å²) in [4.78, 5) is 10.7. The molecule has 0 spiro atoms. The number of aldehydes is 1. The predicted molar refractivity (Wildman–Crippen MR) is 61.9 cm³/mol. The van der Waals surface area contributed by atoms with Gasteiger partial charge in [-0.15, -0.1) is 0 Å². The molecule has 2 rings (SSSR count). The Hall–Kier alpha value is -2.03. The van der Waals surface area contributed by atoms with Crippen molar-refractivity contribution >= 4 is 6.29 Å². The van der Waals surface area contributed by atoms with Crippen molar-refractivity contribution in [3.05, 3.63) is 59.2 Å². The second-order valence-corrected chi connectivity index (χ2v) is 3.82. The SMILES string of the molecule is Cc1ccc(C=O)cc1-c1ccc(F)c(F)c1. The van der Waals surface area contributed by atoms with Gasteiger partial charge >= 0.3 is 0 Å². The van der Waals surface area contributed by atoms with Gasteiger partial charge in [-0.25, -0.2) is 8.78 Å². The van der Waals surface area contributed by atoms with Gasteiger partial charge in [0.25, 0.3) is 0 Å². The molecule has 0 fully saturated rings. The van der Waals surface area contributed by atoms with Crippen molar-refractivity contribution in [3.63, 3.8) is 0 Å². The summed E-state index contributed by atoms with van der Waals surface area (Å²) in [6.07, 6.45) is 0.725. The number of carbonyl (C=O) groups excluding carboxylic acids is 1. The normalized spacial score (nSPS) is 10.3. The van der Waals surface area contributed by atoms with Crippen molar-refractivity contribution < 1.29 is 13.6 Å². The molecule has 3 heteroatoms. The van der Waals surface area contributed by atoms with Crippen LogP contribution in [-0.4, -0.2) is 6.29 Å². The lowest BCUT2D eigenvalue weighted by molar-refractivity contribution is 0.112. The van der Waals surface area contributed by atoms with E-state index in [9.17, 15) is 13.6 Å². The number of rotatable bonds is 2. The van der Waals surface area contributed by atoms with E-state index in [0.29, 0.717) is 11.1 Å². The Morgan fingerprint density at radius 3 is 2.41 bits per heavy atom. The van der Waals surface area contributed by atoms with Gasteiger partial charge in [0, 0.05) is 5.56 Å². The van der Waals surface area contributed by atoms with Crippen molar-refractivity contribution in [2.45, 2.75) is 6.92 Å². The van der Waals surface area contributed by atoms with Gasteiger partial charge in [-0.2, -0.15) is 0 Å². The summed E-state index contributed by atoms with van der Waals surface area (Å²) < 4.78 is 26.0. The van der Waals surface area contributed by atoms with Crippen LogP contribution in [0.1, 0.15) is 15.9 Å². The zero-order valence-corrected chi connectivity index (χ0v) is 9.21. The van der Waals surface area contributed by atoms with E-state index in [-0.39, 0.29) is 0 Å². The van der Waals surface area contributed by atoms with E-state index in [1.54, 1.807) is 18.2 Å². The number of hydrogen-bond acceptors (Lipinski definition) is 1. The van der Waals surface area contributed by atoms with E-state index in [1.807, 2.05) is 6.92 Å². The van der Waals surface area contributed by atoms with Crippen LogP contribution < -0.4 is 0 Å². The van der Waals surface area contributed by atoms with Crippen LogP contribution >= 0.6 is 0 Å². The summed E-state index contributed by atoms with van der Waals surface area (Å²) in [5.74, 6) is -1.77. The van der Waals surface area contributed by atoms with Gasteiger partial charge in [0.05, 0.1) is 0 Å². The average Bonchev–Trinajstić information content (AvgIpc) is 2.33. The van der Waals surface area contributed by atoms with Gasteiger partial charge in [0.1, 0.15) is 6.29 Å². The predicted octanol–water partition coefficient (Wildman–Crippen LogP) is 3.75. The second kappa shape index (κ2) is 4.45. The van der Waals surface area contributed by atoms with Gasteiger partial charge in [-0.05, 0) is 41.8 Å². The van der Waals surface area contributed by atoms with Crippen LogP contribution in [0.5, 0.6) is 0 Å². The maximum atomic E-state index is 13.1. The zero-order valence-electron chi connectivity index (χ0n) is 9.21. The Morgan fingerprint density at radius 2 is 1.76 bits per heavy atom. The lowest BCUT2D eigenvalue weighted by Gasteiger charge is -2.07. The molecule has 0 amide bonds. The number of aryl methyl sites for hydroxylation is 1. The molecule has 2 aromatic rings. The van der Waals surface area contributed by atoms with Crippen LogP contribution in [0.3, 0.4) is 0 Å². The lowest BCUT2D eigenvalue weighted by Crippen LogP contribution is -1.90. The Labute approximate surface area is 97.7 Å². The summed E-state index contributed by atoms with van der Waals surface area (Å²) in [5.41, 5.74) is 2.70. The summed E-state index contributed by atoms with van der Waals surface area (Å²) in [5, 5.41) is 0. The van der Waals surface area contributed by atoms with Gasteiger partial charge < -0.3 is 0 Å². The van der Waals surface area contributed by atoms with Crippen molar-refractivity contribution in [3.8, 4) is 11.1 Å². The molecule has 1 nitrogen and oxygen atoms in total. The van der Waals surface area contributed by atoms with Crippen LogP contribution in [-0.2, 0) is 0 Å². The molecule has 0 aliphatic heterocycles. The van der Waals surface area contributed by atoms with E-state index in [1.165, 1.54) is 6.07 Å². The molecule has 0 heterocycles. The maximum absolute atomic E-state index is 13.1. The highest BCUT2D eigenvalue weighted by molar-refractivity contribution is 5.80. The summed E-state index contributed by atoms with van der Waals surface area (Å²) in [7, 11) is 0. The fraction of sp³-hybridized carbons (Fsp3) is 0.0714. The summed E-state index contributed by atoms with van der Waals surface area (Å²) >= 11 is 0. The first-order chi connectivity index (χ1) is 8.11. The molecule has 0 aliphatic rings. The first kappa shape index (κ1) is 11.5. The topological polar surface area (TPSA) is 17.1 Å². The van der Waals surface area contributed by atoms with Gasteiger partial charge in [-0.1, -0.05) is 18.2 Å². The summed E-state index contributed by atoms with van der Waals surface area (Å²) in [6.45, 7) is 1.85. The Bertz CT molecular complexity index is 576. The minimum absolute atomic E-state index is 0.510. The highest BCUT2D eigenvalue weighted by Gasteiger charge is 2.07. The molecule has 0 radical (unpaired) electrons. The van der Waals surface area contributed by atoms with Crippen molar-refractivity contribution in [1.29, 1.82) is 0 Å². The Morgan fingerprint density at radius 1 is 1.00 bits per heavy atom. The van der Waals surface area contributed by atoms with E-state index in [0.717, 1.165) is 29.5 Å². The van der Waals surface area contributed by atoms with E-state index in [4.69, 9.17) is 0 Å². The van der Waals surface area contributed by atoms with E-state index >= 15 is 0 Å². The van der Waals surface area contributed by atoms with Crippen LogP contribution in [0.2, 0.25) is 0 Å². The van der Waals surface area contributed by atoms with Crippen LogP contribution in [0, 0.1) is 18.6 Å². The quantitative estimate of drug-likeness (QED) is 0.720. The Kier molecular flexibility index (Phi) is 3.00. The van der Waals surface area contributed by atoms with Crippen molar-refractivity contribution in [2.24, 2.45) is 0 Å². The highest BCUT2D eigenvalue weighted by atomic mass is 19.2. The zero-order chi connectivity index (χ0) is 12.4. The van der Waals surface area contributed by atoms with E-state index < -0.39 is 11.6 Å². The molecule has 0 atom stereocenters. The first-order valence-corrected chi connectivity index (χ1v) is 5.13. The third-order valence-electron chi connectivity index (χ3n) is 2.63. The minimum atomic E-state index is -0.890. The van der Waals surface area contributed by atoms with Gasteiger partial charge in [-0.3, -0.25) is 4.79 Å². The molecule has 86 valence electrons. The van der Waals surface area contributed by atoms with Crippen LogP contribution in [0.25, 0.3) is 11.1 Å². The molecular formula is C14H10F2O. The highest BCUT2D eigenvalue weighted by Crippen LogP contribution is 2.25. The maximum Gasteiger partial charge on any atom is 0.159 e. The van der Waals surface area contributed by atoms with Gasteiger partial charge in [0.15, 0.2) is 11.6 Å². The fourth-order valence-electron chi connectivity index (χ4n) is 1.69. The van der Waals surface area contributed by atoms with Gasteiger partial charge in [0.2, 0.25) is 0 Å². The molecule has 0 N–H and O–H groups in total. The average molecular weight is 232 g/mol. The number of benzene rings is 2. The van der Waals surface area contributed by atoms with Crippen molar-refractivity contribution in [1.82, 2.24) is 0 Å². The number of halogens is 2. The molecule has 0 bridgehead atoms. The largest absolute Gasteiger partial charge is 0.298 e. The molecule has 2 aromatic carbocycles. The molecule has 0 unspecified atom stereocenters. The van der Waals surface area contributed by atoms with E-state index in [2.05, 4.69) is 0 Å². The minimum Gasteiger partial charge on any atom is -0.298 e. The lowest BCUT2D eigenvalue weighted by atomic mass is 9.98. The molecule has 17 heavy (non-hydrogen) atoms. The molecule has 0 aliphatic carbocycles. The Balaban J connectivity index is 2.58. The molecule has 0 aromatic heterocycles. The summed E-state index contributed by atoms with van der Waals surface area (Å²) in [6, 6.07) is 8.83. The third-order valence-corrected chi connectivity index (χ3v) is 2.63. The second-order valence-electron chi connectivity index (χ2n) is 3.82. The van der Waals surface area contributed by atoms with Crippen LogP contribution in [0.15, 0.2) is 36.4 Å². The van der Waals surface area contributed by atoms with Crippen LogP contribution in [0.4, 0.5) is 8.78 Å². The molecule has 0 saturated heterocycles. The monoisotopic (exact) mass is 232 g/mol. The van der Waals surface area contributed by atoms with Crippen molar-refractivity contribution in [2.75, 3.05) is 0 Å². The molecular weight excluding hydrogens is 222 g/mol. The number of carbonyl (C=O) groups is 1. The number of hydrogen-bond donors (Lipinski definition) is 0. The first-order valence-electron chi connectivity index (χ1n) is 5.13. The third kappa shape index (κ3) is 2.23. The smallest absolute Gasteiger partial charge is 0.159 e.